The van der Waals surface area contributed by atoms with Gasteiger partial charge in [0.25, 0.3) is 0 Å². The summed E-state index contributed by atoms with van der Waals surface area (Å²) in [5.41, 5.74) is -0.500. The first-order valence-electron chi connectivity index (χ1n) is 5.26. The third kappa shape index (κ3) is 3.04. The maximum absolute atomic E-state index is 11.5. The monoisotopic (exact) mass is 249 g/mol. The van der Waals surface area contributed by atoms with Gasteiger partial charge in [-0.25, -0.2) is 8.42 Å². The highest BCUT2D eigenvalue weighted by Gasteiger charge is 2.38. The van der Waals surface area contributed by atoms with Crippen LogP contribution in [0.2, 0.25) is 0 Å². The molecule has 6 heteroatoms. The van der Waals surface area contributed by atoms with Gasteiger partial charge in [-0.05, 0) is 6.92 Å². The molecule has 0 aliphatic carbocycles. The fourth-order valence-electron chi connectivity index (χ4n) is 1.80. The first-order valence-corrected chi connectivity index (χ1v) is 6.76. The Kier molecular flexibility index (Phi) is 4.49. The van der Waals surface area contributed by atoms with E-state index < -0.39 is 15.6 Å². The molecule has 0 amide bonds. The van der Waals surface area contributed by atoms with Gasteiger partial charge in [0.1, 0.15) is 5.60 Å². The first kappa shape index (κ1) is 13.6. The first-order chi connectivity index (χ1) is 7.46. The highest BCUT2D eigenvalue weighted by atomic mass is 32.2. The molecule has 1 fully saturated rings. The van der Waals surface area contributed by atoms with E-state index in [4.69, 9.17) is 9.47 Å². The van der Waals surface area contributed by atoms with Crippen LogP contribution in [0.1, 0.15) is 13.3 Å². The van der Waals surface area contributed by atoms with Gasteiger partial charge in [-0.15, -0.1) is 0 Å². The molecule has 1 atom stereocenters. The van der Waals surface area contributed by atoms with Crippen LogP contribution in [-0.2, 0) is 19.5 Å². The number of likely N-dealkylation sites (N-methyl/N-ethyl adjacent to an activating group) is 1. The standard InChI is InChI=1S/C10H19NO4S/c1-4-15-10(6-7-14-9-10)8-11(3)16(12,13)5-2/h5H,2,4,6-9H2,1,3H3. The van der Waals surface area contributed by atoms with Crippen molar-refractivity contribution in [2.75, 3.05) is 33.4 Å². The summed E-state index contributed by atoms with van der Waals surface area (Å²) in [7, 11) is -1.86. The molecule has 0 N–H and O–H groups in total. The molecule has 1 rings (SSSR count). The van der Waals surface area contributed by atoms with Gasteiger partial charge in [0.15, 0.2) is 0 Å². The Balaban J connectivity index is 2.73. The van der Waals surface area contributed by atoms with E-state index in [9.17, 15) is 8.42 Å². The van der Waals surface area contributed by atoms with Crippen molar-refractivity contribution < 1.29 is 17.9 Å². The van der Waals surface area contributed by atoms with Gasteiger partial charge in [0.2, 0.25) is 10.0 Å². The topological polar surface area (TPSA) is 55.8 Å². The van der Waals surface area contributed by atoms with Crippen LogP contribution in [0.4, 0.5) is 0 Å². The molecule has 0 radical (unpaired) electrons. The van der Waals surface area contributed by atoms with E-state index in [1.165, 1.54) is 11.4 Å². The fourth-order valence-corrected chi connectivity index (χ4v) is 2.47. The lowest BCUT2D eigenvalue weighted by atomic mass is 10.0. The summed E-state index contributed by atoms with van der Waals surface area (Å²) in [6, 6.07) is 0. The second-order valence-electron chi connectivity index (χ2n) is 3.89. The van der Waals surface area contributed by atoms with E-state index >= 15 is 0 Å². The van der Waals surface area contributed by atoms with Gasteiger partial charge in [-0.3, -0.25) is 0 Å². The molecular weight excluding hydrogens is 230 g/mol. The maximum Gasteiger partial charge on any atom is 0.235 e. The highest BCUT2D eigenvalue weighted by Crippen LogP contribution is 2.25. The molecule has 1 saturated heterocycles. The minimum absolute atomic E-state index is 0.301. The normalized spacial score (nSPS) is 26.2. The molecule has 5 nitrogen and oxygen atoms in total. The van der Waals surface area contributed by atoms with E-state index in [1.54, 1.807) is 0 Å². The molecular formula is C10H19NO4S. The minimum atomic E-state index is -3.38. The molecule has 1 aliphatic rings. The second kappa shape index (κ2) is 5.27. The van der Waals surface area contributed by atoms with Crippen molar-refractivity contribution in [1.82, 2.24) is 4.31 Å². The van der Waals surface area contributed by atoms with Gasteiger partial charge in [-0.2, -0.15) is 4.31 Å². The van der Waals surface area contributed by atoms with Crippen molar-refractivity contribution >= 4 is 10.0 Å². The van der Waals surface area contributed by atoms with Crippen LogP contribution in [0.15, 0.2) is 12.0 Å². The molecule has 0 aromatic carbocycles. The molecule has 1 heterocycles. The van der Waals surface area contributed by atoms with Gasteiger partial charge in [-0.1, -0.05) is 6.58 Å². The maximum atomic E-state index is 11.5. The van der Waals surface area contributed by atoms with E-state index in [0.717, 1.165) is 11.8 Å². The summed E-state index contributed by atoms with van der Waals surface area (Å²) < 4.78 is 35.3. The second-order valence-corrected chi connectivity index (χ2v) is 5.87. The summed E-state index contributed by atoms with van der Waals surface area (Å²) in [6.07, 6.45) is 0.720. The molecule has 0 aromatic rings. The van der Waals surface area contributed by atoms with E-state index in [1.807, 2.05) is 6.92 Å². The minimum Gasteiger partial charge on any atom is -0.378 e. The van der Waals surface area contributed by atoms with Gasteiger partial charge in [0.05, 0.1) is 6.61 Å². The van der Waals surface area contributed by atoms with Crippen LogP contribution in [0.25, 0.3) is 0 Å². The van der Waals surface area contributed by atoms with Crippen molar-refractivity contribution in [3.8, 4) is 0 Å². The third-order valence-corrected chi connectivity index (χ3v) is 4.09. The van der Waals surface area contributed by atoms with Gasteiger partial charge in [0, 0.05) is 38.6 Å². The smallest absolute Gasteiger partial charge is 0.235 e. The molecule has 0 bridgehead atoms. The average Bonchev–Trinajstić information content (AvgIpc) is 2.67. The van der Waals surface area contributed by atoms with Gasteiger partial charge < -0.3 is 9.47 Å². The van der Waals surface area contributed by atoms with Crippen molar-refractivity contribution in [2.45, 2.75) is 18.9 Å². The number of nitrogens with zero attached hydrogens (tertiary/aromatic N) is 1. The van der Waals surface area contributed by atoms with Crippen molar-refractivity contribution in [3.63, 3.8) is 0 Å². The zero-order valence-corrected chi connectivity index (χ0v) is 10.6. The average molecular weight is 249 g/mol. The van der Waals surface area contributed by atoms with E-state index in [-0.39, 0.29) is 0 Å². The Morgan fingerprint density at radius 1 is 1.62 bits per heavy atom. The van der Waals surface area contributed by atoms with E-state index in [2.05, 4.69) is 6.58 Å². The lowest BCUT2D eigenvalue weighted by Gasteiger charge is -2.30. The largest absolute Gasteiger partial charge is 0.378 e. The zero-order chi connectivity index (χ0) is 12.2. The molecule has 0 aromatic heterocycles. The SMILES string of the molecule is C=CS(=O)(=O)N(C)CC1(OCC)CCOC1. The Bertz CT molecular complexity index is 333. The fraction of sp³-hybridized carbons (Fsp3) is 0.800. The number of hydrogen-bond acceptors (Lipinski definition) is 4. The highest BCUT2D eigenvalue weighted by molar-refractivity contribution is 7.91. The van der Waals surface area contributed by atoms with Gasteiger partial charge >= 0.3 is 0 Å². The molecule has 16 heavy (non-hydrogen) atoms. The summed E-state index contributed by atoms with van der Waals surface area (Å²) >= 11 is 0. The van der Waals surface area contributed by atoms with Crippen LogP contribution in [0.5, 0.6) is 0 Å². The van der Waals surface area contributed by atoms with Crippen molar-refractivity contribution in [1.29, 1.82) is 0 Å². The van der Waals surface area contributed by atoms with Crippen molar-refractivity contribution in [2.24, 2.45) is 0 Å². The Morgan fingerprint density at radius 2 is 2.31 bits per heavy atom. The molecule has 0 spiro atoms. The lowest BCUT2D eigenvalue weighted by Crippen LogP contribution is -2.46. The molecule has 1 unspecified atom stereocenters. The van der Waals surface area contributed by atoms with Crippen LogP contribution in [0, 0.1) is 0 Å². The van der Waals surface area contributed by atoms with E-state index in [0.29, 0.717) is 26.4 Å². The van der Waals surface area contributed by atoms with Crippen LogP contribution >= 0.6 is 0 Å². The Labute approximate surface area is 97.1 Å². The number of ether oxygens (including phenoxy) is 2. The Morgan fingerprint density at radius 3 is 2.75 bits per heavy atom. The molecule has 1 aliphatic heterocycles. The predicted molar refractivity (Wildman–Crippen MR) is 61.5 cm³/mol. The Hall–Kier alpha value is -0.430. The van der Waals surface area contributed by atoms with Crippen molar-refractivity contribution in [3.05, 3.63) is 12.0 Å². The summed E-state index contributed by atoms with van der Waals surface area (Å²) in [6.45, 7) is 7.09. The third-order valence-electron chi connectivity index (χ3n) is 2.67. The zero-order valence-electron chi connectivity index (χ0n) is 9.81. The van der Waals surface area contributed by atoms with Crippen LogP contribution in [-0.4, -0.2) is 51.7 Å². The molecule has 0 saturated carbocycles. The van der Waals surface area contributed by atoms with Crippen LogP contribution < -0.4 is 0 Å². The van der Waals surface area contributed by atoms with Crippen LogP contribution in [0.3, 0.4) is 0 Å². The number of rotatable bonds is 6. The quantitative estimate of drug-likeness (QED) is 0.691. The molecule has 94 valence electrons. The number of hydrogen-bond donors (Lipinski definition) is 0. The predicted octanol–water partition coefficient (Wildman–Crippen LogP) is 0.587. The summed E-state index contributed by atoms with van der Waals surface area (Å²) in [4.78, 5) is 0. The number of sulfonamides is 1. The lowest BCUT2D eigenvalue weighted by molar-refractivity contribution is -0.0504. The summed E-state index contributed by atoms with van der Waals surface area (Å²) in [5, 5.41) is 0.947. The summed E-state index contributed by atoms with van der Waals surface area (Å²) in [5.74, 6) is 0.